The van der Waals surface area contributed by atoms with Gasteiger partial charge in [0.1, 0.15) is 6.04 Å². The largest absolute Gasteiger partial charge is 0.480 e. The number of hydrogen-bond acceptors (Lipinski definition) is 2. The molecule has 0 radical (unpaired) electrons. The van der Waals surface area contributed by atoms with Crippen LogP contribution < -0.4 is 10.6 Å². The summed E-state index contributed by atoms with van der Waals surface area (Å²) >= 11 is 0. The lowest BCUT2D eigenvalue weighted by Crippen LogP contribution is -2.49. The standard InChI is InChI=1S/C12H22N2O3/c1-2-6-10(11(15)16)14-12(17)13-9-7-4-3-5-8-9/h9-10H,2-8H2,1H3,(H,15,16)(H2,13,14,17)/t10-/m0/s1. The van der Waals surface area contributed by atoms with Crippen LogP contribution in [-0.4, -0.2) is 29.2 Å². The maximum atomic E-state index is 11.6. The predicted octanol–water partition coefficient (Wildman–Crippen LogP) is 1.87. The molecule has 0 spiro atoms. The highest BCUT2D eigenvalue weighted by atomic mass is 16.4. The fourth-order valence-corrected chi connectivity index (χ4v) is 2.18. The zero-order valence-corrected chi connectivity index (χ0v) is 10.4. The fraction of sp³-hybridized carbons (Fsp3) is 0.833. The summed E-state index contributed by atoms with van der Waals surface area (Å²) in [4.78, 5) is 22.5. The molecule has 3 N–H and O–H groups in total. The molecule has 1 atom stereocenters. The molecular weight excluding hydrogens is 220 g/mol. The number of aliphatic carboxylic acids is 1. The van der Waals surface area contributed by atoms with Crippen molar-refractivity contribution in [1.29, 1.82) is 0 Å². The van der Waals surface area contributed by atoms with Crippen LogP contribution in [0.4, 0.5) is 4.79 Å². The summed E-state index contributed by atoms with van der Waals surface area (Å²) in [6.45, 7) is 1.90. The summed E-state index contributed by atoms with van der Waals surface area (Å²) in [6, 6.07) is -0.916. The lowest BCUT2D eigenvalue weighted by atomic mass is 9.96. The first-order valence-corrected chi connectivity index (χ1v) is 6.43. The van der Waals surface area contributed by atoms with Crippen LogP contribution in [-0.2, 0) is 4.79 Å². The van der Waals surface area contributed by atoms with Gasteiger partial charge in [0.2, 0.25) is 0 Å². The van der Waals surface area contributed by atoms with Gasteiger partial charge in [0.15, 0.2) is 0 Å². The number of carboxylic acid groups (broad SMARTS) is 1. The Morgan fingerprint density at radius 1 is 1.29 bits per heavy atom. The van der Waals surface area contributed by atoms with E-state index in [4.69, 9.17) is 5.11 Å². The minimum atomic E-state index is -0.967. The van der Waals surface area contributed by atoms with Crippen LogP contribution >= 0.6 is 0 Å². The van der Waals surface area contributed by atoms with Crippen molar-refractivity contribution in [3.05, 3.63) is 0 Å². The second kappa shape index (κ2) is 7.14. The Bertz CT molecular complexity index is 262. The molecular formula is C12H22N2O3. The van der Waals surface area contributed by atoms with Crippen LogP contribution in [0.5, 0.6) is 0 Å². The molecule has 0 bridgehead atoms. The molecule has 0 unspecified atom stereocenters. The molecule has 0 aromatic heterocycles. The lowest BCUT2D eigenvalue weighted by molar-refractivity contribution is -0.139. The van der Waals surface area contributed by atoms with Crippen LogP contribution in [0.3, 0.4) is 0 Å². The summed E-state index contributed by atoms with van der Waals surface area (Å²) < 4.78 is 0. The Balaban J connectivity index is 2.33. The summed E-state index contributed by atoms with van der Waals surface area (Å²) in [6.07, 6.45) is 6.71. The highest BCUT2D eigenvalue weighted by Gasteiger charge is 2.21. The van der Waals surface area contributed by atoms with Gasteiger partial charge in [-0.25, -0.2) is 9.59 Å². The van der Waals surface area contributed by atoms with E-state index in [1.54, 1.807) is 0 Å². The maximum absolute atomic E-state index is 11.6. The Morgan fingerprint density at radius 3 is 2.47 bits per heavy atom. The predicted molar refractivity (Wildman–Crippen MR) is 64.9 cm³/mol. The van der Waals surface area contributed by atoms with Gasteiger partial charge < -0.3 is 15.7 Å². The van der Waals surface area contributed by atoms with Crippen LogP contribution in [0.15, 0.2) is 0 Å². The number of amides is 2. The fourth-order valence-electron chi connectivity index (χ4n) is 2.18. The molecule has 0 heterocycles. The first-order chi connectivity index (χ1) is 8.13. The van der Waals surface area contributed by atoms with E-state index in [1.165, 1.54) is 6.42 Å². The van der Waals surface area contributed by atoms with Crippen molar-refractivity contribution in [3.63, 3.8) is 0 Å². The average Bonchev–Trinajstić information content (AvgIpc) is 2.29. The summed E-state index contributed by atoms with van der Waals surface area (Å²) in [7, 11) is 0. The molecule has 2 amide bonds. The van der Waals surface area contributed by atoms with E-state index in [1.807, 2.05) is 6.92 Å². The van der Waals surface area contributed by atoms with Crippen LogP contribution in [0.1, 0.15) is 51.9 Å². The summed E-state index contributed by atoms with van der Waals surface area (Å²) in [5, 5.41) is 14.3. The van der Waals surface area contributed by atoms with Gasteiger partial charge in [0.05, 0.1) is 0 Å². The van der Waals surface area contributed by atoms with Crippen LogP contribution in [0.25, 0.3) is 0 Å². The highest BCUT2D eigenvalue weighted by Crippen LogP contribution is 2.17. The highest BCUT2D eigenvalue weighted by molar-refractivity contribution is 5.82. The third-order valence-corrected chi connectivity index (χ3v) is 3.12. The van der Waals surface area contributed by atoms with Crippen LogP contribution in [0, 0.1) is 0 Å². The number of carbonyl (C=O) groups excluding carboxylic acids is 1. The Kier molecular flexibility index (Phi) is 5.80. The monoisotopic (exact) mass is 242 g/mol. The smallest absolute Gasteiger partial charge is 0.326 e. The molecule has 0 aromatic carbocycles. The van der Waals surface area contributed by atoms with Gasteiger partial charge in [-0.2, -0.15) is 0 Å². The van der Waals surface area contributed by atoms with Gasteiger partial charge in [0.25, 0.3) is 0 Å². The minimum absolute atomic E-state index is 0.208. The molecule has 0 aromatic rings. The molecule has 0 aliphatic heterocycles. The Labute approximate surface area is 102 Å². The zero-order valence-electron chi connectivity index (χ0n) is 10.4. The molecule has 1 fully saturated rings. The normalized spacial score (nSPS) is 18.4. The molecule has 1 rings (SSSR count). The Hall–Kier alpha value is -1.26. The van der Waals surface area contributed by atoms with Crippen molar-refractivity contribution in [2.24, 2.45) is 0 Å². The summed E-state index contributed by atoms with van der Waals surface area (Å²) in [5.41, 5.74) is 0. The van der Waals surface area contributed by atoms with E-state index in [-0.39, 0.29) is 12.1 Å². The lowest BCUT2D eigenvalue weighted by Gasteiger charge is -2.24. The van der Waals surface area contributed by atoms with Gasteiger partial charge in [-0.15, -0.1) is 0 Å². The van der Waals surface area contributed by atoms with Gasteiger partial charge >= 0.3 is 12.0 Å². The molecule has 5 nitrogen and oxygen atoms in total. The van der Waals surface area contributed by atoms with Crippen LogP contribution in [0.2, 0.25) is 0 Å². The van der Waals surface area contributed by atoms with Crippen molar-refractivity contribution in [1.82, 2.24) is 10.6 Å². The molecule has 5 heteroatoms. The molecule has 1 saturated carbocycles. The topological polar surface area (TPSA) is 78.4 Å². The van der Waals surface area contributed by atoms with Crippen molar-refractivity contribution >= 4 is 12.0 Å². The second-order valence-corrected chi connectivity index (χ2v) is 4.63. The van der Waals surface area contributed by atoms with E-state index >= 15 is 0 Å². The second-order valence-electron chi connectivity index (χ2n) is 4.63. The number of nitrogens with one attached hydrogen (secondary N) is 2. The van der Waals surface area contributed by atoms with Gasteiger partial charge in [0, 0.05) is 6.04 Å². The third kappa shape index (κ3) is 5.06. The van der Waals surface area contributed by atoms with Gasteiger partial charge in [-0.05, 0) is 19.3 Å². The van der Waals surface area contributed by atoms with Crippen molar-refractivity contribution in [2.75, 3.05) is 0 Å². The van der Waals surface area contributed by atoms with E-state index in [9.17, 15) is 9.59 Å². The molecule has 1 aliphatic rings. The van der Waals surface area contributed by atoms with Gasteiger partial charge in [-0.3, -0.25) is 0 Å². The molecule has 98 valence electrons. The number of hydrogen-bond donors (Lipinski definition) is 3. The zero-order chi connectivity index (χ0) is 12.7. The third-order valence-electron chi connectivity index (χ3n) is 3.12. The van der Waals surface area contributed by atoms with E-state index in [0.29, 0.717) is 6.42 Å². The summed E-state index contributed by atoms with van der Waals surface area (Å²) in [5.74, 6) is -0.967. The van der Waals surface area contributed by atoms with Crippen molar-refractivity contribution < 1.29 is 14.7 Å². The minimum Gasteiger partial charge on any atom is -0.480 e. The first-order valence-electron chi connectivity index (χ1n) is 6.43. The SMILES string of the molecule is CCC[C@H](NC(=O)NC1CCCCC1)C(=O)O. The van der Waals surface area contributed by atoms with E-state index in [2.05, 4.69) is 10.6 Å². The van der Waals surface area contributed by atoms with Gasteiger partial charge in [-0.1, -0.05) is 32.6 Å². The number of urea groups is 1. The number of carboxylic acids is 1. The number of rotatable bonds is 5. The molecule has 1 aliphatic carbocycles. The molecule has 0 saturated heterocycles. The quantitative estimate of drug-likeness (QED) is 0.688. The number of carbonyl (C=O) groups is 2. The first kappa shape index (κ1) is 13.8. The maximum Gasteiger partial charge on any atom is 0.326 e. The van der Waals surface area contributed by atoms with Crippen molar-refractivity contribution in [2.45, 2.75) is 64.0 Å². The Morgan fingerprint density at radius 2 is 1.94 bits per heavy atom. The molecule has 17 heavy (non-hydrogen) atoms. The average molecular weight is 242 g/mol. The van der Waals surface area contributed by atoms with Crippen molar-refractivity contribution in [3.8, 4) is 0 Å². The van der Waals surface area contributed by atoms with E-state index in [0.717, 1.165) is 32.1 Å². The van der Waals surface area contributed by atoms with E-state index < -0.39 is 12.0 Å².